The van der Waals surface area contributed by atoms with Crippen LogP contribution in [0.3, 0.4) is 0 Å². The lowest BCUT2D eigenvalue weighted by molar-refractivity contribution is -0.148. The second-order valence-electron chi connectivity index (χ2n) is 4.38. The maximum atomic E-state index is 11.3. The number of rotatable bonds is 2. The number of esters is 1. The minimum Gasteiger partial charge on any atom is -0.457 e. The Bertz CT molecular complexity index is 390. The molecule has 0 atom stereocenters. The van der Waals surface area contributed by atoms with Gasteiger partial charge >= 0.3 is 5.97 Å². The molecule has 1 aromatic heterocycles. The molecule has 1 rings (SSSR count). The number of carbonyl (C=O) groups excluding carboxylic acids is 1. The van der Waals surface area contributed by atoms with Crippen molar-refractivity contribution >= 4 is 25.4 Å². The lowest BCUT2D eigenvalue weighted by atomic mass is 9.99. The van der Waals surface area contributed by atoms with Crippen molar-refractivity contribution in [2.75, 3.05) is 0 Å². The van der Waals surface area contributed by atoms with Gasteiger partial charge in [0.1, 0.15) is 13.4 Å². The van der Waals surface area contributed by atoms with E-state index in [0.717, 1.165) is 0 Å². The molecule has 2 radical (unpaired) electrons. The van der Waals surface area contributed by atoms with Gasteiger partial charge in [0.2, 0.25) is 0 Å². The fraction of sp³-hybridized carbons (Fsp3) is 0.333. The van der Waals surface area contributed by atoms with Crippen molar-refractivity contribution in [3.63, 3.8) is 0 Å². The van der Waals surface area contributed by atoms with Crippen molar-refractivity contribution < 1.29 is 9.53 Å². The third-order valence-electron chi connectivity index (χ3n) is 1.61. The number of hydrogen-bond donors (Lipinski definition) is 0. The van der Waals surface area contributed by atoms with Gasteiger partial charge in [0.25, 0.3) is 0 Å². The minimum atomic E-state index is -0.476. The molecule has 0 saturated heterocycles. The summed E-state index contributed by atoms with van der Waals surface area (Å²) in [5.74, 6) is -0.383. The molecule has 0 bridgehead atoms. The largest absolute Gasteiger partial charge is 0.457 e. The quantitative estimate of drug-likeness (QED) is 0.423. The van der Waals surface area contributed by atoms with Crippen LogP contribution in [0, 0.1) is 0 Å². The molecule has 3 nitrogen and oxygen atoms in total. The number of pyridine rings is 1. The van der Waals surface area contributed by atoms with Crippen molar-refractivity contribution in [3.05, 3.63) is 30.1 Å². The van der Waals surface area contributed by atoms with Gasteiger partial charge in [0.05, 0.1) is 5.69 Å². The standard InChI is InChI=1S/C12H14BNO2/c1-12(2,3)16-11(15)7-6-10-5-4-9(13)8-14-10/h4-8H,1-3H3/b7-6+. The van der Waals surface area contributed by atoms with E-state index < -0.39 is 5.60 Å². The number of aromatic nitrogens is 1. The van der Waals surface area contributed by atoms with Crippen LogP contribution in [0.1, 0.15) is 26.5 Å². The average molecular weight is 215 g/mol. The topological polar surface area (TPSA) is 39.2 Å². The predicted molar refractivity (Wildman–Crippen MR) is 64.5 cm³/mol. The zero-order valence-electron chi connectivity index (χ0n) is 9.73. The highest BCUT2D eigenvalue weighted by Crippen LogP contribution is 2.07. The lowest BCUT2D eigenvalue weighted by Crippen LogP contribution is -2.22. The van der Waals surface area contributed by atoms with Gasteiger partial charge in [-0.25, -0.2) is 4.79 Å². The molecule has 0 fully saturated rings. The molecule has 0 spiro atoms. The predicted octanol–water partition coefficient (Wildman–Crippen LogP) is 1.23. The number of nitrogens with zero attached hydrogens (tertiary/aromatic N) is 1. The van der Waals surface area contributed by atoms with Crippen LogP contribution in [0.2, 0.25) is 0 Å². The molecule has 1 aromatic rings. The zero-order valence-corrected chi connectivity index (χ0v) is 9.73. The first-order valence-electron chi connectivity index (χ1n) is 4.99. The summed E-state index contributed by atoms with van der Waals surface area (Å²) in [4.78, 5) is 15.4. The minimum absolute atomic E-state index is 0.383. The highest BCUT2D eigenvalue weighted by atomic mass is 16.6. The molecule has 16 heavy (non-hydrogen) atoms. The average Bonchev–Trinajstić information content (AvgIpc) is 2.14. The van der Waals surface area contributed by atoms with Crippen molar-refractivity contribution in [1.82, 2.24) is 4.98 Å². The van der Waals surface area contributed by atoms with E-state index in [1.807, 2.05) is 20.8 Å². The maximum Gasteiger partial charge on any atom is 0.331 e. The Labute approximate surface area is 96.9 Å². The summed E-state index contributed by atoms with van der Waals surface area (Å²) < 4.78 is 5.10. The number of hydrogen-bond acceptors (Lipinski definition) is 3. The second-order valence-corrected chi connectivity index (χ2v) is 4.38. The summed E-state index contributed by atoms with van der Waals surface area (Å²) >= 11 is 0. The molecule has 1 heterocycles. The molecule has 0 unspecified atom stereocenters. The molecule has 0 aliphatic carbocycles. The summed E-state index contributed by atoms with van der Waals surface area (Å²) in [5.41, 5.74) is 0.783. The van der Waals surface area contributed by atoms with E-state index in [9.17, 15) is 4.79 Å². The van der Waals surface area contributed by atoms with Gasteiger partial charge in [-0.2, -0.15) is 0 Å². The molecular weight excluding hydrogens is 201 g/mol. The van der Waals surface area contributed by atoms with Gasteiger partial charge in [-0.1, -0.05) is 11.5 Å². The van der Waals surface area contributed by atoms with E-state index >= 15 is 0 Å². The van der Waals surface area contributed by atoms with Crippen molar-refractivity contribution in [2.24, 2.45) is 0 Å². The SMILES string of the molecule is [B]c1ccc(/C=C/C(=O)OC(C)(C)C)nc1. The molecule has 0 saturated carbocycles. The monoisotopic (exact) mass is 215 g/mol. The van der Waals surface area contributed by atoms with Crippen molar-refractivity contribution in [3.8, 4) is 0 Å². The van der Waals surface area contributed by atoms with Crippen LogP contribution in [0.15, 0.2) is 24.4 Å². The van der Waals surface area contributed by atoms with Gasteiger partial charge in [-0.3, -0.25) is 4.98 Å². The normalized spacial score (nSPS) is 11.7. The van der Waals surface area contributed by atoms with E-state index in [4.69, 9.17) is 12.6 Å². The van der Waals surface area contributed by atoms with Crippen molar-refractivity contribution in [1.29, 1.82) is 0 Å². The van der Waals surface area contributed by atoms with Crippen molar-refractivity contribution in [2.45, 2.75) is 26.4 Å². The first-order valence-corrected chi connectivity index (χ1v) is 4.99. The van der Waals surface area contributed by atoms with E-state index in [1.54, 1.807) is 18.2 Å². The maximum absolute atomic E-state index is 11.3. The molecule has 82 valence electrons. The smallest absolute Gasteiger partial charge is 0.331 e. The van der Waals surface area contributed by atoms with E-state index in [1.165, 1.54) is 12.3 Å². The molecule has 0 N–H and O–H groups in total. The van der Waals surface area contributed by atoms with Gasteiger partial charge in [-0.15, -0.1) is 0 Å². The van der Waals surface area contributed by atoms with Crippen LogP contribution in [-0.4, -0.2) is 24.4 Å². The van der Waals surface area contributed by atoms with Crippen LogP contribution < -0.4 is 5.46 Å². The van der Waals surface area contributed by atoms with Gasteiger partial charge in [-0.05, 0) is 32.9 Å². The summed E-state index contributed by atoms with van der Waals surface area (Å²) in [6, 6.07) is 3.46. The van der Waals surface area contributed by atoms with E-state index in [0.29, 0.717) is 11.2 Å². The van der Waals surface area contributed by atoms with Gasteiger partial charge in [0, 0.05) is 12.3 Å². The summed E-state index contributed by atoms with van der Waals surface area (Å²) in [6.07, 6.45) is 4.48. The van der Waals surface area contributed by atoms with Gasteiger partial charge < -0.3 is 4.74 Å². The van der Waals surface area contributed by atoms with Crippen LogP contribution in [0.25, 0.3) is 6.08 Å². The molecule has 0 aliphatic rings. The molecule has 0 aromatic carbocycles. The Balaban J connectivity index is 2.60. The second kappa shape index (κ2) is 4.97. The fourth-order valence-corrected chi connectivity index (χ4v) is 1.00. The summed E-state index contributed by atoms with van der Waals surface area (Å²) in [6.45, 7) is 5.46. The van der Waals surface area contributed by atoms with Crippen LogP contribution in [0.4, 0.5) is 0 Å². The Hall–Kier alpha value is -1.58. The Morgan fingerprint density at radius 3 is 2.62 bits per heavy atom. The first-order chi connectivity index (χ1) is 7.37. The Morgan fingerprint density at radius 2 is 2.12 bits per heavy atom. The zero-order chi connectivity index (χ0) is 12.2. The van der Waals surface area contributed by atoms with Gasteiger partial charge in [0.15, 0.2) is 0 Å². The summed E-state index contributed by atoms with van der Waals surface area (Å²) in [5, 5.41) is 0. The number of carbonyl (C=O) groups is 1. The third-order valence-corrected chi connectivity index (χ3v) is 1.61. The highest BCUT2D eigenvalue weighted by Gasteiger charge is 2.13. The first kappa shape index (κ1) is 12.5. The van der Waals surface area contributed by atoms with E-state index in [2.05, 4.69) is 4.98 Å². The third kappa shape index (κ3) is 4.78. The number of ether oxygens (including phenoxy) is 1. The van der Waals surface area contributed by atoms with E-state index in [-0.39, 0.29) is 5.97 Å². The lowest BCUT2D eigenvalue weighted by Gasteiger charge is -2.17. The van der Waals surface area contributed by atoms with Crippen LogP contribution >= 0.6 is 0 Å². The Kier molecular flexibility index (Phi) is 3.88. The molecular formula is C12H14BNO2. The highest BCUT2D eigenvalue weighted by molar-refractivity contribution is 6.32. The van der Waals surface area contributed by atoms with Crippen LogP contribution in [0.5, 0.6) is 0 Å². The fourth-order valence-electron chi connectivity index (χ4n) is 1.00. The molecule has 4 heteroatoms. The van der Waals surface area contributed by atoms with Crippen LogP contribution in [-0.2, 0) is 9.53 Å². The summed E-state index contributed by atoms with van der Waals surface area (Å²) in [7, 11) is 5.49. The molecule has 0 aliphatic heterocycles. The molecule has 0 amide bonds. The Morgan fingerprint density at radius 1 is 1.44 bits per heavy atom.